The smallest absolute Gasteiger partial charge is 0.298 e. The molecule has 0 amide bonds. The Morgan fingerprint density at radius 1 is 1.58 bits per heavy atom. The van der Waals surface area contributed by atoms with Gasteiger partial charge in [-0.1, -0.05) is 36.4 Å². The number of rotatable bonds is 6. The van der Waals surface area contributed by atoms with Crippen LogP contribution in [0, 0.1) is 0 Å². The Morgan fingerprint density at radius 3 is 3.11 bits per heavy atom. The van der Waals surface area contributed by atoms with Crippen molar-refractivity contribution in [3.63, 3.8) is 0 Å². The topological polar surface area (TPSA) is 58.7 Å². The lowest BCUT2D eigenvalue weighted by Gasteiger charge is -2.21. The summed E-state index contributed by atoms with van der Waals surface area (Å²) >= 11 is 0. The highest BCUT2D eigenvalue weighted by Gasteiger charge is 2.21. The Kier molecular flexibility index (Phi) is 5.02. The van der Waals surface area contributed by atoms with Crippen molar-refractivity contribution in [3.05, 3.63) is 42.0 Å². The molecule has 1 aliphatic heterocycles. The summed E-state index contributed by atoms with van der Waals surface area (Å²) in [6, 6.07) is 8.20. The van der Waals surface area contributed by atoms with E-state index in [-0.39, 0.29) is 12.8 Å². The minimum atomic E-state index is -0.230. The Bertz CT molecular complexity index is 439. The second-order valence-corrected chi connectivity index (χ2v) is 4.74. The number of hydrogen-bond donors (Lipinski definition) is 2. The highest BCUT2D eigenvalue weighted by atomic mass is 16.4. The summed E-state index contributed by atoms with van der Waals surface area (Å²) in [5.74, 6) is 0. The van der Waals surface area contributed by atoms with E-state index in [0.717, 1.165) is 36.1 Å². The third-order valence-electron chi connectivity index (χ3n) is 3.34. The molecule has 4 nitrogen and oxygen atoms in total. The standard InChI is InChI=1S/C14H20BN2O2/c1-11(17-6-5-14(18)9-17)13-4-2-3-12(7-13)8-15-19-10-16/h2-4,7,14,18H,1,5-6,8-10,16H2/t14-/m0/s1. The SMILES string of the molecule is C=C(c1cccc(C[B]OCN)c1)N1CC[C@H](O)C1. The third kappa shape index (κ3) is 3.83. The first-order chi connectivity index (χ1) is 9.20. The molecule has 0 spiro atoms. The molecule has 0 bridgehead atoms. The molecule has 0 aromatic heterocycles. The Morgan fingerprint density at radius 2 is 2.42 bits per heavy atom. The summed E-state index contributed by atoms with van der Waals surface area (Å²) in [6.07, 6.45) is 1.31. The molecule has 1 atom stereocenters. The van der Waals surface area contributed by atoms with Gasteiger partial charge in [-0.15, -0.1) is 0 Å². The molecule has 19 heavy (non-hydrogen) atoms. The van der Waals surface area contributed by atoms with Gasteiger partial charge in [0.1, 0.15) is 0 Å². The fourth-order valence-electron chi connectivity index (χ4n) is 2.27. The predicted octanol–water partition coefficient (Wildman–Crippen LogP) is 0.776. The van der Waals surface area contributed by atoms with Crippen LogP contribution in [0.15, 0.2) is 30.8 Å². The van der Waals surface area contributed by atoms with Crippen LogP contribution >= 0.6 is 0 Å². The Hall–Kier alpha value is -1.30. The molecule has 1 aliphatic rings. The highest BCUT2D eigenvalue weighted by molar-refractivity contribution is 6.26. The zero-order valence-corrected chi connectivity index (χ0v) is 11.1. The number of β-amino-alcohol motifs (C(OH)–C–C–N with tert-alkyl or cyclic N) is 1. The summed E-state index contributed by atoms with van der Waals surface area (Å²) in [5.41, 5.74) is 8.49. The fraction of sp³-hybridized carbons (Fsp3) is 0.429. The maximum Gasteiger partial charge on any atom is 0.298 e. The predicted molar refractivity (Wildman–Crippen MR) is 77.3 cm³/mol. The van der Waals surface area contributed by atoms with Crippen molar-refractivity contribution in [3.8, 4) is 0 Å². The van der Waals surface area contributed by atoms with Gasteiger partial charge < -0.3 is 20.4 Å². The van der Waals surface area contributed by atoms with Crippen molar-refractivity contribution in [2.75, 3.05) is 19.8 Å². The van der Waals surface area contributed by atoms with E-state index in [1.807, 2.05) is 18.2 Å². The molecule has 5 heteroatoms. The molecular formula is C14H20BN2O2. The van der Waals surface area contributed by atoms with E-state index in [0.29, 0.717) is 6.54 Å². The van der Waals surface area contributed by atoms with Gasteiger partial charge in [-0.2, -0.15) is 0 Å². The van der Waals surface area contributed by atoms with Crippen molar-refractivity contribution in [2.45, 2.75) is 18.8 Å². The van der Waals surface area contributed by atoms with Crippen LogP contribution in [0.1, 0.15) is 17.5 Å². The minimum absolute atomic E-state index is 0.206. The van der Waals surface area contributed by atoms with Crippen LogP contribution in [-0.4, -0.2) is 43.4 Å². The Labute approximate surface area is 115 Å². The van der Waals surface area contributed by atoms with E-state index in [1.54, 1.807) is 7.48 Å². The summed E-state index contributed by atoms with van der Waals surface area (Å²) in [6.45, 7) is 5.88. The molecule has 0 saturated carbocycles. The van der Waals surface area contributed by atoms with Crippen LogP contribution in [0.5, 0.6) is 0 Å². The normalized spacial score (nSPS) is 18.6. The minimum Gasteiger partial charge on any atom is -0.428 e. The van der Waals surface area contributed by atoms with Gasteiger partial charge in [0.15, 0.2) is 0 Å². The third-order valence-corrected chi connectivity index (χ3v) is 3.34. The number of nitrogens with two attached hydrogens (primary N) is 1. The molecule has 1 heterocycles. The Balaban J connectivity index is 1.99. The molecule has 1 aromatic carbocycles. The first kappa shape index (κ1) is 14.1. The van der Waals surface area contributed by atoms with Crippen molar-refractivity contribution >= 4 is 13.2 Å². The summed E-state index contributed by atoms with van der Waals surface area (Å²) < 4.78 is 5.04. The van der Waals surface area contributed by atoms with E-state index in [9.17, 15) is 5.11 Å². The van der Waals surface area contributed by atoms with Gasteiger partial charge in [-0.05, 0) is 18.3 Å². The fourth-order valence-corrected chi connectivity index (χ4v) is 2.27. The number of nitrogens with zero attached hydrogens (tertiary/aromatic N) is 1. The summed E-state index contributed by atoms with van der Waals surface area (Å²) in [5, 5.41) is 9.58. The van der Waals surface area contributed by atoms with Crippen molar-refractivity contribution < 1.29 is 9.76 Å². The van der Waals surface area contributed by atoms with Crippen molar-refractivity contribution in [1.82, 2.24) is 4.90 Å². The first-order valence-corrected chi connectivity index (χ1v) is 6.55. The van der Waals surface area contributed by atoms with Crippen LogP contribution < -0.4 is 5.73 Å². The van der Waals surface area contributed by atoms with Gasteiger partial charge in [0.05, 0.1) is 12.8 Å². The lowest BCUT2D eigenvalue weighted by Crippen LogP contribution is -2.20. The van der Waals surface area contributed by atoms with Gasteiger partial charge in [0.2, 0.25) is 0 Å². The monoisotopic (exact) mass is 259 g/mol. The van der Waals surface area contributed by atoms with Crippen LogP contribution in [-0.2, 0) is 11.0 Å². The second kappa shape index (κ2) is 6.75. The zero-order chi connectivity index (χ0) is 13.7. The van der Waals surface area contributed by atoms with Gasteiger partial charge >= 0.3 is 0 Å². The number of likely N-dealkylation sites (tertiary alicyclic amines) is 1. The molecule has 3 N–H and O–H groups in total. The average Bonchev–Trinajstić information content (AvgIpc) is 2.85. The molecule has 1 fully saturated rings. The van der Waals surface area contributed by atoms with Gasteiger partial charge in [-0.3, -0.25) is 0 Å². The maximum atomic E-state index is 9.58. The number of aliphatic hydroxyl groups is 1. The number of hydrogen-bond acceptors (Lipinski definition) is 4. The second-order valence-electron chi connectivity index (χ2n) is 4.74. The first-order valence-electron chi connectivity index (χ1n) is 6.55. The van der Waals surface area contributed by atoms with Crippen LogP contribution in [0.25, 0.3) is 5.70 Å². The van der Waals surface area contributed by atoms with Crippen molar-refractivity contribution in [2.24, 2.45) is 5.73 Å². The lowest BCUT2D eigenvalue weighted by atomic mass is 9.88. The molecule has 101 valence electrons. The largest absolute Gasteiger partial charge is 0.428 e. The number of benzene rings is 1. The van der Waals surface area contributed by atoms with E-state index >= 15 is 0 Å². The van der Waals surface area contributed by atoms with E-state index in [4.69, 9.17) is 10.4 Å². The molecule has 0 aliphatic carbocycles. The molecule has 1 radical (unpaired) electrons. The highest BCUT2D eigenvalue weighted by Crippen LogP contribution is 2.23. The van der Waals surface area contributed by atoms with Gasteiger partial charge in [0, 0.05) is 18.8 Å². The number of aliphatic hydroxyl groups excluding tert-OH is 1. The zero-order valence-electron chi connectivity index (χ0n) is 11.1. The van der Waals surface area contributed by atoms with Crippen molar-refractivity contribution in [1.29, 1.82) is 0 Å². The van der Waals surface area contributed by atoms with E-state index in [1.165, 1.54) is 0 Å². The summed E-state index contributed by atoms with van der Waals surface area (Å²) in [7, 11) is 1.71. The van der Waals surface area contributed by atoms with Gasteiger partial charge in [-0.25, -0.2) is 0 Å². The molecule has 2 rings (SSSR count). The van der Waals surface area contributed by atoms with Gasteiger partial charge in [0.25, 0.3) is 7.48 Å². The molecule has 1 saturated heterocycles. The lowest BCUT2D eigenvalue weighted by molar-refractivity contribution is 0.187. The average molecular weight is 259 g/mol. The van der Waals surface area contributed by atoms with E-state index in [2.05, 4.69) is 17.5 Å². The van der Waals surface area contributed by atoms with Crippen LogP contribution in [0.2, 0.25) is 0 Å². The molecular weight excluding hydrogens is 239 g/mol. The van der Waals surface area contributed by atoms with Crippen LogP contribution in [0.4, 0.5) is 0 Å². The van der Waals surface area contributed by atoms with Crippen LogP contribution in [0.3, 0.4) is 0 Å². The summed E-state index contributed by atoms with van der Waals surface area (Å²) in [4.78, 5) is 2.13. The quantitative estimate of drug-likeness (QED) is 0.450. The van der Waals surface area contributed by atoms with E-state index < -0.39 is 0 Å². The molecule has 0 unspecified atom stereocenters. The molecule has 1 aromatic rings. The maximum absolute atomic E-state index is 9.58.